The topological polar surface area (TPSA) is 57.7 Å². The fraction of sp³-hybridized carbons (Fsp3) is 0.333. The van der Waals surface area contributed by atoms with Crippen LogP contribution >= 0.6 is 0 Å². The lowest BCUT2D eigenvalue weighted by Gasteiger charge is -2.37. The molecular formula is C18H22N4O2. The third kappa shape index (κ3) is 3.59. The number of hydrogen-bond donors (Lipinski definition) is 1. The summed E-state index contributed by atoms with van der Waals surface area (Å²) < 4.78 is 5.45. The van der Waals surface area contributed by atoms with E-state index < -0.39 is 0 Å². The van der Waals surface area contributed by atoms with Gasteiger partial charge in [-0.05, 0) is 24.3 Å². The van der Waals surface area contributed by atoms with Crippen molar-refractivity contribution < 1.29 is 9.53 Å². The number of aromatic nitrogens is 1. The minimum Gasteiger partial charge on any atom is -0.495 e. The number of hydrogen-bond acceptors (Lipinski definition) is 5. The molecule has 0 bridgehead atoms. The predicted octanol–water partition coefficient (Wildman–Crippen LogP) is 2.38. The number of nitrogens with one attached hydrogen (secondary N) is 1. The zero-order chi connectivity index (χ0) is 16.9. The number of methoxy groups -OCH3 is 1. The van der Waals surface area contributed by atoms with E-state index in [1.807, 2.05) is 30.3 Å². The average molecular weight is 326 g/mol. The van der Waals surface area contributed by atoms with Crippen molar-refractivity contribution in [3.8, 4) is 5.75 Å². The van der Waals surface area contributed by atoms with Crippen LogP contribution in [-0.2, 0) is 4.79 Å². The van der Waals surface area contributed by atoms with Gasteiger partial charge in [-0.25, -0.2) is 4.98 Å². The first-order chi connectivity index (χ1) is 11.7. The Bertz CT molecular complexity index is 694. The molecule has 0 spiro atoms. The van der Waals surface area contributed by atoms with Gasteiger partial charge in [0.25, 0.3) is 0 Å². The van der Waals surface area contributed by atoms with Gasteiger partial charge in [-0.3, -0.25) is 4.79 Å². The molecule has 1 aliphatic heterocycles. The van der Waals surface area contributed by atoms with Crippen LogP contribution in [0.15, 0.2) is 42.6 Å². The summed E-state index contributed by atoms with van der Waals surface area (Å²) in [4.78, 5) is 20.1. The van der Waals surface area contributed by atoms with E-state index in [2.05, 4.69) is 26.2 Å². The van der Waals surface area contributed by atoms with Crippen LogP contribution in [0.1, 0.15) is 6.92 Å². The van der Waals surface area contributed by atoms with E-state index in [9.17, 15) is 4.79 Å². The lowest BCUT2D eigenvalue weighted by Crippen LogP contribution is -2.46. The van der Waals surface area contributed by atoms with Gasteiger partial charge in [0.2, 0.25) is 5.91 Å². The Balaban J connectivity index is 1.63. The van der Waals surface area contributed by atoms with Gasteiger partial charge in [0, 0.05) is 33.1 Å². The molecule has 6 nitrogen and oxygen atoms in total. The van der Waals surface area contributed by atoms with Gasteiger partial charge in [-0.15, -0.1) is 0 Å². The summed E-state index contributed by atoms with van der Waals surface area (Å²) in [6.45, 7) is 5.10. The van der Waals surface area contributed by atoms with E-state index in [4.69, 9.17) is 4.74 Å². The number of amides is 1. The van der Waals surface area contributed by atoms with Crippen molar-refractivity contribution in [2.75, 3.05) is 48.4 Å². The Kier molecular flexibility index (Phi) is 4.84. The number of carbonyl (C=O) groups excluding carboxylic acids is 1. The van der Waals surface area contributed by atoms with Gasteiger partial charge in [-0.2, -0.15) is 0 Å². The van der Waals surface area contributed by atoms with E-state index in [0.29, 0.717) is 0 Å². The zero-order valence-electron chi connectivity index (χ0n) is 14.0. The first kappa shape index (κ1) is 16.1. The molecule has 1 saturated heterocycles. The molecule has 126 valence electrons. The van der Waals surface area contributed by atoms with Crippen LogP contribution in [0.25, 0.3) is 0 Å². The van der Waals surface area contributed by atoms with Crippen molar-refractivity contribution >= 4 is 23.1 Å². The highest BCUT2D eigenvalue weighted by molar-refractivity contribution is 5.88. The lowest BCUT2D eigenvalue weighted by molar-refractivity contribution is -0.114. The van der Waals surface area contributed by atoms with Gasteiger partial charge in [0.05, 0.1) is 24.7 Å². The van der Waals surface area contributed by atoms with Crippen LogP contribution in [0.2, 0.25) is 0 Å². The van der Waals surface area contributed by atoms with E-state index in [1.54, 1.807) is 13.3 Å². The number of para-hydroxylation sites is 2. The van der Waals surface area contributed by atoms with Crippen molar-refractivity contribution in [2.45, 2.75) is 6.92 Å². The van der Waals surface area contributed by atoms with Crippen molar-refractivity contribution in [3.63, 3.8) is 0 Å². The summed E-state index contributed by atoms with van der Waals surface area (Å²) in [7, 11) is 1.70. The lowest BCUT2D eigenvalue weighted by atomic mass is 10.2. The quantitative estimate of drug-likeness (QED) is 0.935. The molecule has 1 aromatic heterocycles. The molecule has 3 rings (SSSR count). The van der Waals surface area contributed by atoms with Gasteiger partial charge in [0.1, 0.15) is 11.6 Å². The highest BCUT2D eigenvalue weighted by Crippen LogP contribution is 2.29. The first-order valence-electron chi connectivity index (χ1n) is 8.04. The van der Waals surface area contributed by atoms with Crippen LogP contribution in [-0.4, -0.2) is 44.2 Å². The third-order valence-corrected chi connectivity index (χ3v) is 4.10. The Hall–Kier alpha value is -2.76. The predicted molar refractivity (Wildman–Crippen MR) is 96.0 cm³/mol. The summed E-state index contributed by atoms with van der Waals surface area (Å²) in [5.41, 5.74) is 1.85. The van der Waals surface area contributed by atoms with Gasteiger partial charge < -0.3 is 19.9 Å². The fourth-order valence-electron chi connectivity index (χ4n) is 2.92. The Labute approximate surface area is 142 Å². The SMILES string of the molecule is COc1ccccc1N1CCN(c2ccc(NC(C)=O)cn2)CC1. The maximum Gasteiger partial charge on any atom is 0.221 e. The van der Waals surface area contributed by atoms with Crippen LogP contribution in [0, 0.1) is 0 Å². The number of piperazine rings is 1. The molecule has 0 unspecified atom stereocenters. The monoisotopic (exact) mass is 326 g/mol. The van der Waals surface area contributed by atoms with Crippen LogP contribution in [0.3, 0.4) is 0 Å². The molecule has 24 heavy (non-hydrogen) atoms. The Morgan fingerprint density at radius 1 is 1.08 bits per heavy atom. The van der Waals surface area contributed by atoms with Crippen LogP contribution in [0.5, 0.6) is 5.75 Å². The Morgan fingerprint density at radius 3 is 2.42 bits per heavy atom. The Morgan fingerprint density at radius 2 is 1.79 bits per heavy atom. The zero-order valence-corrected chi connectivity index (χ0v) is 14.0. The molecule has 1 fully saturated rings. The number of nitrogens with zero attached hydrogens (tertiary/aromatic N) is 3. The summed E-state index contributed by atoms with van der Waals surface area (Å²) in [5, 5.41) is 2.73. The van der Waals surface area contributed by atoms with Crippen molar-refractivity contribution in [1.29, 1.82) is 0 Å². The summed E-state index contributed by atoms with van der Waals surface area (Å²) >= 11 is 0. The van der Waals surface area contributed by atoms with Crippen molar-refractivity contribution in [2.24, 2.45) is 0 Å². The molecular weight excluding hydrogens is 304 g/mol. The molecule has 0 saturated carbocycles. The fourth-order valence-corrected chi connectivity index (χ4v) is 2.92. The number of rotatable bonds is 4. The molecule has 2 heterocycles. The average Bonchev–Trinajstić information content (AvgIpc) is 2.62. The second kappa shape index (κ2) is 7.21. The number of pyridine rings is 1. The minimum absolute atomic E-state index is 0.0880. The number of carbonyl (C=O) groups is 1. The summed E-state index contributed by atoms with van der Waals surface area (Å²) in [5.74, 6) is 1.75. The molecule has 0 atom stereocenters. The van der Waals surface area contributed by atoms with E-state index in [-0.39, 0.29) is 5.91 Å². The molecule has 1 amide bonds. The third-order valence-electron chi connectivity index (χ3n) is 4.10. The number of ether oxygens (including phenoxy) is 1. The molecule has 0 aliphatic carbocycles. The molecule has 1 aromatic carbocycles. The van der Waals surface area contributed by atoms with Crippen LogP contribution in [0.4, 0.5) is 17.2 Å². The largest absolute Gasteiger partial charge is 0.495 e. The van der Waals surface area contributed by atoms with Crippen LogP contribution < -0.4 is 19.9 Å². The maximum absolute atomic E-state index is 11.1. The van der Waals surface area contributed by atoms with Crippen molar-refractivity contribution in [1.82, 2.24) is 4.98 Å². The minimum atomic E-state index is -0.0880. The first-order valence-corrected chi connectivity index (χ1v) is 8.04. The van der Waals surface area contributed by atoms with Gasteiger partial charge in [0.15, 0.2) is 0 Å². The van der Waals surface area contributed by atoms with Gasteiger partial charge >= 0.3 is 0 Å². The van der Waals surface area contributed by atoms with Crippen molar-refractivity contribution in [3.05, 3.63) is 42.6 Å². The number of benzene rings is 1. The normalized spacial score (nSPS) is 14.4. The second-order valence-electron chi connectivity index (χ2n) is 5.73. The van der Waals surface area contributed by atoms with E-state index in [0.717, 1.165) is 49.1 Å². The molecule has 1 aliphatic rings. The van der Waals surface area contributed by atoms with E-state index in [1.165, 1.54) is 6.92 Å². The molecule has 0 radical (unpaired) electrons. The maximum atomic E-state index is 11.1. The highest BCUT2D eigenvalue weighted by atomic mass is 16.5. The number of anilines is 3. The van der Waals surface area contributed by atoms with Gasteiger partial charge in [-0.1, -0.05) is 12.1 Å². The summed E-state index contributed by atoms with van der Waals surface area (Å²) in [6.07, 6.45) is 1.70. The molecule has 6 heteroatoms. The molecule has 2 aromatic rings. The van der Waals surface area contributed by atoms with E-state index >= 15 is 0 Å². The standard InChI is InChI=1S/C18H22N4O2/c1-14(23)20-15-7-8-18(19-13-15)22-11-9-21(10-12-22)16-5-3-4-6-17(16)24-2/h3-8,13H,9-12H2,1-2H3,(H,20,23). The highest BCUT2D eigenvalue weighted by Gasteiger charge is 2.20. The summed E-state index contributed by atoms with van der Waals surface area (Å²) in [6, 6.07) is 11.9. The second-order valence-corrected chi connectivity index (χ2v) is 5.73. The smallest absolute Gasteiger partial charge is 0.221 e. The molecule has 1 N–H and O–H groups in total.